The second kappa shape index (κ2) is 4.69. The van der Waals surface area contributed by atoms with Crippen LogP contribution in [0.4, 0.5) is 0 Å². The maximum atomic E-state index is 11.9. The van der Waals surface area contributed by atoms with Crippen molar-refractivity contribution >= 4 is 5.78 Å². The molecule has 0 aliphatic heterocycles. The number of carbonyl (C=O) groups excluding carboxylic acids is 1. The van der Waals surface area contributed by atoms with Gasteiger partial charge in [0.05, 0.1) is 7.11 Å². The van der Waals surface area contributed by atoms with Crippen LogP contribution >= 0.6 is 0 Å². The molecular formula is C14H20O2. The van der Waals surface area contributed by atoms with E-state index in [0.29, 0.717) is 6.42 Å². The summed E-state index contributed by atoms with van der Waals surface area (Å²) in [6.45, 7) is 7.84. The van der Waals surface area contributed by atoms with Crippen molar-refractivity contribution < 1.29 is 9.53 Å². The first-order valence-electron chi connectivity index (χ1n) is 5.52. The molecule has 2 heteroatoms. The molecule has 0 unspecified atom stereocenters. The molecular weight excluding hydrogens is 200 g/mol. The Morgan fingerprint density at radius 1 is 1.31 bits per heavy atom. The smallest absolute Gasteiger partial charge is 0.142 e. The van der Waals surface area contributed by atoms with E-state index in [1.807, 2.05) is 45.9 Å². The third-order valence-corrected chi connectivity index (χ3v) is 2.80. The lowest BCUT2D eigenvalue weighted by Gasteiger charge is -2.18. The van der Waals surface area contributed by atoms with Gasteiger partial charge in [0, 0.05) is 11.8 Å². The number of ketones is 1. The van der Waals surface area contributed by atoms with E-state index in [0.717, 1.165) is 16.9 Å². The van der Waals surface area contributed by atoms with Gasteiger partial charge in [0.1, 0.15) is 11.5 Å². The zero-order chi connectivity index (χ0) is 12.3. The molecule has 1 aromatic rings. The number of Topliss-reactive ketones (excluding diaryl/α,β-unsaturated/α-hetero) is 1. The van der Waals surface area contributed by atoms with Gasteiger partial charge in [-0.05, 0) is 24.1 Å². The fourth-order valence-corrected chi connectivity index (χ4v) is 1.51. The van der Waals surface area contributed by atoms with Gasteiger partial charge in [0.25, 0.3) is 0 Å². The van der Waals surface area contributed by atoms with Crippen LogP contribution in [0.3, 0.4) is 0 Å². The molecule has 1 rings (SSSR count). The van der Waals surface area contributed by atoms with Crippen LogP contribution in [0.15, 0.2) is 18.2 Å². The Bertz CT molecular complexity index is 386. The lowest BCUT2D eigenvalue weighted by Crippen LogP contribution is -2.22. The van der Waals surface area contributed by atoms with Crippen molar-refractivity contribution in [3.8, 4) is 5.75 Å². The average Bonchev–Trinajstić information content (AvgIpc) is 2.19. The molecule has 2 nitrogen and oxygen atoms in total. The van der Waals surface area contributed by atoms with Crippen molar-refractivity contribution in [2.45, 2.75) is 34.1 Å². The summed E-state index contributed by atoms with van der Waals surface area (Å²) in [5.74, 6) is 1.10. The van der Waals surface area contributed by atoms with Crippen LogP contribution in [0.25, 0.3) is 0 Å². The highest BCUT2D eigenvalue weighted by molar-refractivity contribution is 5.86. The van der Waals surface area contributed by atoms with Crippen LogP contribution in [0.5, 0.6) is 5.75 Å². The van der Waals surface area contributed by atoms with E-state index >= 15 is 0 Å². The molecule has 16 heavy (non-hydrogen) atoms. The van der Waals surface area contributed by atoms with Crippen LogP contribution in [0, 0.1) is 12.3 Å². The Labute approximate surface area is 97.6 Å². The Kier molecular flexibility index (Phi) is 3.74. The summed E-state index contributed by atoms with van der Waals surface area (Å²) < 4.78 is 5.24. The third kappa shape index (κ3) is 2.84. The molecule has 0 heterocycles. The minimum atomic E-state index is -0.282. The second-order valence-corrected chi connectivity index (χ2v) is 5.09. The van der Waals surface area contributed by atoms with Crippen molar-refractivity contribution in [1.29, 1.82) is 0 Å². The number of benzene rings is 1. The highest BCUT2D eigenvalue weighted by Crippen LogP contribution is 2.24. The number of rotatable bonds is 3. The van der Waals surface area contributed by atoms with Crippen molar-refractivity contribution in [1.82, 2.24) is 0 Å². The summed E-state index contributed by atoms with van der Waals surface area (Å²) >= 11 is 0. The van der Waals surface area contributed by atoms with Crippen LogP contribution in [0.1, 0.15) is 31.9 Å². The molecule has 0 aliphatic carbocycles. The molecule has 0 saturated carbocycles. The number of methoxy groups -OCH3 is 1. The number of ether oxygens (including phenoxy) is 1. The fraction of sp³-hybridized carbons (Fsp3) is 0.500. The second-order valence-electron chi connectivity index (χ2n) is 5.09. The standard InChI is InChI=1S/C14H20O2/c1-10-11(7-6-8-12(10)16-5)9-13(15)14(2,3)4/h6-8H,9H2,1-5H3. The summed E-state index contributed by atoms with van der Waals surface area (Å²) in [4.78, 5) is 11.9. The summed E-state index contributed by atoms with van der Waals surface area (Å²) in [5, 5.41) is 0. The monoisotopic (exact) mass is 220 g/mol. The molecule has 0 fully saturated rings. The van der Waals surface area contributed by atoms with Crippen LogP contribution in [-0.4, -0.2) is 12.9 Å². The minimum Gasteiger partial charge on any atom is -0.496 e. The van der Waals surface area contributed by atoms with Crippen LogP contribution in [-0.2, 0) is 11.2 Å². The van der Waals surface area contributed by atoms with Gasteiger partial charge in [0.15, 0.2) is 0 Å². The lowest BCUT2D eigenvalue weighted by atomic mass is 9.86. The first-order valence-corrected chi connectivity index (χ1v) is 5.52. The van der Waals surface area contributed by atoms with Gasteiger partial charge < -0.3 is 4.74 Å². The Morgan fingerprint density at radius 3 is 2.44 bits per heavy atom. The van der Waals surface area contributed by atoms with E-state index in [1.54, 1.807) is 7.11 Å². The molecule has 0 radical (unpaired) electrons. The molecule has 0 aliphatic rings. The summed E-state index contributed by atoms with van der Waals surface area (Å²) in [6, 6.07) is 5.83. The zero-order valence-electron chi connectivity index (χ0n) is 10.8. The van der Waals surface area contributed by atoms with Crippen molar-refractivity contribution in [3.05, 3.63) is 29.3 Å². The molecule has 88 valence electrons. The third-order valence-electron chi connectivity index (χ3n) is 2.80. The lowest BCUT2D eigenvalue weighted by molar-refractivity contribution is -0.125. The normalized spacial score (nSPS) is 11.3. The van der Waals surface area contributed by atoms with E-state index in [4.69, 9.17) is 4.74 Å². The average molecular weight is 220 g/mol. The molecule has 0 atom stereocenters. The van der Waals surface area contributed by atoms with Crippen molar-refractivity contribution in [3.63, 3.8) is 0 Å². The Balaban J connectivity index is 2.94. The predicted octanol–water partition coefficient (Wildman–Crippen LogP) is 3.16. The van der Waals surface area contributed by atoms with Crippen molar-refractivity contribution in [2.24, 2.45) is 5.41 Å². The molecule has 0 saturated heterocycles. The Hall–Kier alpha value is -1.31. The highest BCUT2D eigenvalue weighted by atomic mass is 16.5. The Morgan fingerprint density at radius 2 is 1.94 bits per heavy atom. The summed E-state index contributed by atoms with van der Waals surface area (Å²) in [7, 11) is 1.65. The van der Waals surface area contributed by atoms with E-state index in [2.05, 4.69) is 0 Å². The van der Waals surface area contributed by atoms with Crippen LogP contribution < -0.4 is 4.74 Å². The first kappa shape index (κ1) is 12.8. The minimum absolute atomic E-state index is 0.254. The van der Waals surface area contributed by atoms with E-state index in [9.17, 15) is 4.79 Å². The highest BCUT2D eigenvalue weighted by Gasteiger charge is 2.22. The zero-order valence-corrected chi connectivity index (χ0v) is 10.8. The maximum Gasteiger partial charge on any atom is 0.142 e. The van der Waals surface area contributed by atoms with Gasteiger partial charge in [-0.3, -0.25) is 4.79 Å². The predicted molar refractivity (Wildman–Crippen MR) is 65.9 cm³/mol. The maximum absolute atomic E-state index is 11.9. The number of hydrogen-bond donors (Lipinski definition) is 0. The van der Waals surface area contributed by atoms with E-state index in [-0.39, 0.29) is 11.2 Å². The van der Waals surface area contributed by atoms with Crippen LogP contribution in [0.2, 0.25) is 0 Å². The fourth-order valence-electron chi connectivity index (χ4n) is 1.51. The van der Waals surface area contributed by atoms with Gasteiger partial charge in [-0.15, -0.1) is 0 Å². The topological polar surface area (TPSA) is 26.3 Å². The molecule has 0 N–H and O–H groups in total. The van der Waals surface area contributed by atoms with Gasteiger partial charge >= 0.3 is 0 Å². The molecule has 1 aromatic carbocycles. The van der Waals surface area contributed by atoms with Gasteiger partial charge in [-0.25, -0.2) is 0 Å². The van der Waals surface area contributed by atoms with E-state index < -0.39 is 0 Å². The number of hydrogen-bond acceptors (Lipinski definition) is 2. The largest absolute Gasteiger partial charge is 0.496 e. The molecule has 0 amide bonds. The SMILES string of the molecule is COc1cccc(CC(=O)C(C)(C)C)c1C. The van der Waals surface area contributed by atoms with Gasteiger partial charge in [-0.2, -0.15) is 0 Å². The number of carbonyl (C=O) groups is 1. The van der Waals surface area contributed by atoms with E-state index in [1.165, 1.54) is 0 Å². The van der Waals surface area contributed by atoms with Gasteiger partial charge in [0.2, 0.25) is 0 Å². The summed E-state index contributed by atoms with van der Waals surface area (Å²) in [6.07, 6.45) is 0.479. The molecule has 0 bridgehead atoms. The molecule has 0 spiro atoms. The summed E-state index contributed by atoms with van der Waals surface area (Å²) in [5.41, 5.74) is 1.83. The first-order chi connectivity index (χ1) is 7.36. The van der Waals surface area contributed by atoms with Crippen molar-refractivity contribution in [2.75, 3.05) is 7.11 Å². The molecule has 0 aromatic heterocycles. The van der Waals surface area contributed by atoms with Gasteiger partial charge in [-0.1, -0.05) is 32.9 Å². The quantitative estimate of drug-likeness (QED) is 0.782.